The highest BCUT2D eigenvalue weighted by atomic mass is 32.2. The van der Waals surface area contributed by atoms with Gasteiger partial charge in [0.05, 0.1) is 31.3 Å². The minimum absolute atomic E-state index is 0.0837. The smallest absolute Gasteiger partial charge is 0.288 e. The van der Waals surface area contributed by atoms with E-state index in [2.05, 4.69) is 56.2 Å². The Kier molecular flexibility index (Phi) is 7.47. The summed E-state index contributed by atoms with van der Waals surface area (Å²) in [7, 11) is 0. The lowest BCUT2D eigenvalue weighted by Crippen LogP contribution is -2.38. The molecule has 1 aromatic carbocycles. The number of hydrazine groups is 1. The minimum Gasteiger partial charge on any atom is -0.378 e. The molecule has 0 radical (unpaired) electrons. The molecule has 0 aliphatic carbocycles. The minimum atomic E-state index is -0.526. The second kappa shape index (κ2) is 11.1. The average Bonchev–Trinajstić information content (AvgIpc) is 3.44. The van der Waals surface area contributed by atoms with Crippen molar-refractivity contribution in [2.45, 2.75) is 19.3 Å². The summed E-state index contributed by atoms with van der Waals surface area (Å²) in [6.07, 6.45) is 3.91. The predicted molar refractivity (Wildman–Crippen MR) is 139 cm³/mol. The van der Waals surface area contributed by atoms with Crippen molar-refractivity contribution in [1.82, 2.24) is 20.4 Å². The number of anilines is 4. The molecule has 11 heteroatoms. The van der Waals surface area contributed by atoms with Gasteiger partial charge in [0.15, 0.2) is 11.6 Å². The Morgan fingerprint density at radius 3 is 2.75 bits per heavy atom. The number of pyridine rings is 1. The van der Waals surface area contributed by atoms with Crippen molar-refractivity contribution < 1.29 is 13.9 Å². The first-order valence-electron chi connectivity index (χ1n) is 11.9. The lowest BCUT2D eigenvalue weighted by molar-refractivity contribution is 0.0957. The third-order valence-electron chi connectivity index (χ3n) is 6.11. The Labute approximate surface area is 213 Å². The number of carbonyl (C=O) groups is 1. The first kappa shape index (κ1) is 24.3. The second-order valence-electron chi connectivity index (χ2n) is 8.79. The molecule has 2 saturated heterocycles. The number of benzene rings is 1. The van der Waals surface area contributed by atoms with Gasteiger partial charge in [-0.1, -0.05) is 6.07 Å². The third-order valence-corrected chi connectivity index (χ3v) is 7.27. The fourth-order valence-corrected chi connectivity index (χ4v) is 5.54. The first-order valence-corrected chi connectivity index (χ1v) is 13.0. The molecule has 1 atom stereocenters. The quantitative estimate of drug-likeness (QED) is 0.409. The Morgan fingerprint density at radius 2 is 2.00 bits per heavy atom. The molecule has 1 amide bonds. The topological polar surface area (TPSA) is 104 Å². The molecular formula is C25H28FN7O2S. The van der Waals surface area contributed by atoms with Crippen molar-refractivity contribution in [3.63, 3.8) is 0 Å². The second-order valence-corrected chi connectivity index (χ2v) is 9.94. The molecular weight excluding hydrogens is 481 g/mol. The van der Waals surface area contributed by atoms with E-state index in [1.54, 1.807) is 23.2 Å². The summed E-state index contributed by atoms with van der Waals surface area (Å²) in [6.45, 7) is 4.18. The van der Waals surface area contributed by atoms with Crippen LogP contribution in [0.15, 0.2) is 42.7 Å². The monoisotopic (exact) mass is 509 g/mol. The van der Waals surface area contributed by atoms with Crippen LogP contribution in [-0.4, -0.2) is 58.7 Å². The van der Waals surface area contributed by atoms with E-state index in [1.807, 2.05) is 11.8 Å². The van der Waals surface area contributed by atoms with E-state index >= 15 is 0 Å². The number of aryl methyl sites for hydroxylation is 1. The van der Waals surface area contributed by atoms with Gasteiger partial charge in [0.2, 0.25) is 5.95 Å². The Balaban J connectivity index is 1.20. The van der Waals surface area contributed by atoms with E-state index in [9.17, 15) is 9.18 Å². The van der Waals surface area contributed by atoms with Crippen molar-refractivity contribution in [2.24, 2.45) is 0 Å². The highest BCUT2D eigenvalue weighted by molar-refractivity contribution is 7.99. The van der Waals surface area contributed by atoms with Crippen LogP contribution in [0.5, 0.6) is 0 Å². The molecule has 0 spiro atoms. The lowest BCUT2D eigenvalue weighted by Gasteiger charge is -2.28. The van der Waals surface area contributed by atoms with Gasteiger partial charge < -0.3 is 15.0 Å². The van der Waals surface area contributed by atoms with Gasteiger partial charge in [-0.25, -0.2) is 14.4 Å². The fraction of sp³-hybridized carbons (Fsp3) is 0.360. The molecule has 36 heavy (non-hydrogen) atoms. The van der Waals surface area contributed by atoms with E-state index in [4.69, 9.17) is 4.74 Å². The van der Waals surface area contributed by atoms with Gasteiger partial charge in [0, 0.05) is 24.5 Å². The van der Waals surface area contributed by atoms with Crippen molar-refractivity contribution in [3.05, 3.63) is 65.4 Å². The van der Waals surface area contributed by atoms with Crippen LogP contribution < -0.4 is 21.1 Å². The summed E-state index contributed by atoms with van der Waals surface area (Å²) >= 11 is 2.00. The summed E-state index contributed by atoms with van der Waals surface area (Å²) in [5, 5.41) is 3.39. The van der Waals surface area contributed by atoms with Crippen LogP contribution in [-0.2, 0) is 4.74 Å². The maximum absolute atomic E-state index is 14.2. The molecule has 3 aromatic rings. The van der Waals surface area contributed by atoms with Gasteiger partial charge in [-0.3, -0.25) is 15.6 Å². The number of ether oxygens (including phenoxy) is 1. The van der Waals surface area contributed by atoms with Gasteiger partial charge in [0.25, 0.3) is 5.91 Å². The van der Waals surface area contributed by atoms with Crippen LogP contribution in [0.2, 0.25) is 0 Å². The Hall–Kier alpha value is -3.44. The molecule has 2 aliphatic rings. The number of nitrogens with one attached hydrogen (secondary N) is 3. The van der Waals surface area contributed by atoms with Crippen molar-refractivity contribution in [2.75, 3.05) is 53.5 Å². The van der Waals surface area contributed by atoms with Crippen molar-refractivity contribution >= 4 is 40.8 Å². The van der Waals surface area contributed by atoms with Gasteiger partial charge in [0.1, 0.15) is 5.69 Å². The highest BCUT2D eigenvalue weighted by Gasteiger charge is 2.19. The largest absolute Gasteiger partial charge is 0.378 e. The summed E-state index contributed by atoms with van der Waals surface area (Å²) in [5.41, 5.74) is 9.74. The number of nitrogens with zero attached hydrogens (tertiary/aromatic N) is 4. The van der Waals surface area contributed by atoms with Gasteiger partial charge >= 0.3 is 0 Å². The molecule has 1 unspecified atom stereocenters. The van der Waals surface area contributed by atoms with Crippen LogP contribution in [0.1, 0.15) is 34.0 Å². The van der Waals surface area contributed by atoms with Crippen LogP contribution >= 0.6 is 11.8 Å². The molecule has 2 aromatic heterocycles. The third kappa shape index (κ3) is 5.85. The van der Waals surface area contributed by atoms with Gasteiger partial charge in [-0.15, -0.1) is 0 Å². The normalized spacial score (nSPS) is 17.6. The van der Waals surface area contributed by atoms with Gasteiger partial charge in [-0.2, -0.15) is 16.7 Å². The lowest BCUT2D eigenvalue weighted by atomic mass is 9.96. The van der Waals surface area contributed by atoms with E-state index in [-0.39, 0.29) is 17.5 Å². The summed E-state index contributed by atoms with van der Waals surface area (Å²) in [6, 6.07) is 10.00. The Bertz CT molecular complexity index is 1220. The van der Waals surface area contributed by atoms with E-state index in [0.29, 0.717) is 32.2 Å². The standard InChI is InChI=1S/C25H28FN7O2S/c1-16-10-18(17-4-9-36-15-17)12-20(11-16)29-19-2-3-22(27-13-19)24(34)31-32-25-28-14-21(26)23(30-25)33-5-7-35-8-6-33/h2-3,10-14,17,29H,4-9,15H2,1H3,(H,31,34)(H,28,30,32). The zero-order valence-corrected chi connectivity index (χ0v) is 20.8. The van der Waals surface area contributed by atoms with Crippen molar-refractivity contribution in [1.29, 1.82) is 0 Å². The van der Waals surface area contributed by atoms with Crippen LogP contribution in [0, 0.1) is 12.7 Å². The number of carbonyl (C=O) groups excluding carboxylic acids is 1. The van der Waals surface area contributed by atoms with Gasteiger partial charge in [-0.05, 0) is 60.4 Å². The Morgan fingerprint density at radius 1 is 1.14 bits per heavy atom. The van der Waals surface area contributed by atoms with Crippen LogP contribution in [0.25, 0.3) is 0 Å². The molecule has 188 valence electrons. The van der Waals surface area contributed by atoms with Crippen LogP contribution in [0.4, 0.5) is 27.5 Å². The molecule has 4 heterocycles. The molecule has 5 rings (SSSR count). The van der Waals surface area contributed by atoms with Crippen molar-refractivity contribution in [3.8, 4) is 0 Å². The first-order chi connectivity index (χ1) is 17.5. The number of hydrogen-bond donors (Lipinski definition) is 3. The fourth-order valence-electron chi connectivity index (χ4n) is 4.28. The maximum atomic E-state index is 14.2. The maximum Gasteiger partial charge on any atom is 0.288 e. The molecule has 2 aliphatic heterocycles. The van der Waals surface area contributed by atoms with Crippen LogP contribution in [0.3, 0.4) is 0 Å². The number of rotatable bonds is 7. The zero-order valence-electron chi connectivity index (χ0n) is 20.0. The average molecular weight is 510 g/mol. The number of morpholine rings is 1. The number of thioether (sulfide) groups is 1. The highest BCUT2D eigenvalue weighted by Crippen LogP contribution is 2.34. The van der Waals surface area contributed by atoms with E-state index in [0.717, 1.165) is 17.6 Å². The molecule has 9 nitrogen and oxygen atoms in total. The summed E-state index contributed by atoms with van der Waals surface area (Å²) in [5.74, 6) is 2.25. The molecule has 3 N–H and O–H groups in total. The van der Waals surface area contributed by atoms with E-state index in [1.165, 1.54) is 29.1 Å². The summed E-state index contributed by atoms with van der Waals surface area (Å²) in [4.78, 5) is 26.7. The van der Waals surface area contributed by atoms with E-state index < -0.39 is 11.7 Å². The number of halogens is 1. The number of amides is 1. The number of hydrogen-bond acceptors (Lipinski definition) is 9. The summed E-state index contributed by atoms with van der Waals surface area (Å²) < 4.78 is 19.5. The zero-order chi connectivity index (χ0) is 24.9. The predicted octanol–water partition coefficient (Wildman–Crippen LogP) is 3.88. The molecule has 2 fully saturated rings. The molecule has 0 bridgehead atoms. The SMILES string of the molecule is Cc1cc(Nc2ccc(C(=O)NNc3ncc(F)c(N4CCOCC4)n3)nc2)cc(C2CCSC2)c1. The molecule has 0 saturated carbocycles. The number of aromatic nitrogens is 3.